The van der Waals surface area contributed by atoms with Crippen molar-refractivity contribution in [2.24, 2.45) is 35.0 Å². The zero-order valence-corrected chi connectivity index (χ0v) is 12.7. The third-order valence-electron chi connectivity index (χ3n) is 5.11. The first-order valence-corrected chi connectivity index (χ1v) is 7.40. The Balaban J connectivity index is 1.99. The molecule has 5 unspecified atom stereocenters. The molecule has 112 valence electrons. The Morgan fingerprint density at radius 3 is 2.30 bits per heavy atom. The van der Waals surface area contributed by atoms with E-state index >= 15 is 0 Å². The van der Waals surface area contributed by atoms with Crippen LogP contribution >= 0.6 is 0 Å². The summed E-state index contributed by atoms with van der Waals surface area (Å²) in [4.78, 5) is 23.8. The third kappa shape index (κ3) is 2.74. The molecule has 0 aromatic rings. The van der Waals surface area contributed by atoms with Crippen LogP contribution in [0.15, 0.2) is 12.2 Å². The van der Waals surface area contributed by atoms with E-state index in [2.05, 4.69) is 33.0 Å². The predicted molar refractivity (Wildman–Crippen MR) is 77.0 cm³/mol. The van der Waals surface area contributed by atoms with Gasteiger partial charge in [-0.15, -0.1) is 0 Å². The smallest absolute Gasteiger partial charge is 0.307 e. The van der Waals surface area contributed by atoms with E-state index in [4.69, 9.17) is 0 Å². The lowest BCUT2D eigenvalue weighted by Gasteiger charge is -2.29. The largest absolute Gasteiger partial charge is 0.481 e. The first-order valence-electron chi connectivity index (χ1n) is 7.40. The van der Waals surface area contributed by atoms with Gasteiger partial charge in [-0.2, -0.15) is 0 Å². The second kappa shape index (κ2) is 5.23. The molecule has 0 aromatic heterocycles. The molecule has 0 aromatic carbocycles. The van der Waals surface area contributed by atoms with E-state index in [0.717, 1.165) is 6.42 Å². The summed E-state index contributed by atoms with van der Waals surface area (Å²) in [5, 5.41) is 12.3. The van der Waals surface area contributed by atoms with Crippen LogP contribution in [-0.4, -0.2) is 23.5 Å². The highest BCUT2D eigenvalue weighted by Crippen LogP contribution is 2.48. The van der Waals surface area contributed by atoms with Crippen molar-refractivity contribution >= 4 is 11.9 Å². The Hall–Kier alpha value is -1.32. The van der Waals surface area contributed by atoms with E-state index < -0.39 is 17.8 Å². The Morgan fingerprint density at radius 1 is 1.25 bits per heavy atom. The summed E-state index contributed by atoms with van der Waals surface area (Å²) < 4.78 is 0. The lowest BCUT2D eigenvalue weighted by molar-refractivity contribution is -0.147. The number of rotatable bonds is 4. The summed E-state index contributed by atoms with van der Waals surface area (Å²) in [5.41, 5.74) is 0.133. The van der Waals surface area contributed by atoms with Gasteiger partial charge in [-0.25, -0.2) is 0 Å². The lowest BCUT2D eigenvalue weighted by Crippen LogP contribution is -2.42. The maximum atomic E-state index is 12.4. The van der Waals surface area contributed by atoms with Crippen molar-refractivity contribution in [1.29, 1.82) is 0 Å². The molecule has 1 amide bonds. The molecule has 0 aliphatic heterocycles. The topological polar surface area (TPSA) is 66.4 Å². The van der Waals surface area contributed by atoms with Gasteiger partial charge in [0.05, 0.1) is 11.8 Å². The molecule has 20 heavy (non-hydrogen) atoms. The van der Waals surface area contributed by atoms with Crippen LogP contribution in [0.3, 0.4) is 0 Å². The first-order chi connectivity index (χ1) is 9.21. The van der Waals surface area contributed by atoms with E-state index in [-0.39, 0.29) is 23.2 Å². The fourth-order valence-electron chi connectivity index (χ4n) is 3.19. The van der Waals surface area contributed by atoms with Crippen LogP contribution < -0.4 is 5.32 Å². The van der Waals surface area contributed by atoms with Crippen LogP contribution in [0.4, 0.5) is 0 Å². The molecule has 4 nitrogen and oxygen atoms in total. The van der Waals surface area contributed by atoms with Crippen LogP contribution in [-0.2, 0) is 9.59 Å². The number of nitrogens with one attached hydrogen (secondary N) is 1. The normalized spacial score (nSPS) is 33.2. The van der Waals surface area contributed by atoms with E-state index in [9.17, 15) is 14.7 Å². The number of carboxylic acids is 1. The molecule has 0 spiro atoms. The molecular weight excluding hydrogens is 254 g/mol. The van der Waals surface area contributed by atoms with Crippen molar-refractivity contribution in [3.8, 4) is 0 Å². The van der Waals surface area contributed by atoms with Crippen LogP contribution in [0.5, 0.6) is 0 Å². The maximum Gasteiger partial charge on any atom is 0.307 e. The van der Waals surface area contributed by atoms with Crippen molar-refractivity contribution in [3.05, 3.63) is 12.2 Å². The average Bonchev–Trinajstić information content (AvgIpc) is 2.93. The van der Waals surface area contributed by atoms with E-state index in [1.165, 1.54) is 0 Å². The second-order valence-corrected chi connectivity index (χ2v) is 7.35. The fourth-order valence-corrected chi connectivity index (χ4v) is 3.19. The predicted octanol–water partition coefficient (Wildman–Crippen LogP) is 2.31. The zero-order chi connectivity index (χ0) is 15.1. The molecule has 2 N–H and O–H groups in total. The number of hydrogen-bond acceptors (Lipinski definition) is 2. The van der Waals surface area contributed by atoms with E-state index in [1.54, 1.807) is 0 Å². The van der Waals surface area contributed by atoms with Crippen LogP contribution in [0.2, 0.25) is 0 Å². The molecule has 0 saturated heterocycles. The number of fused-ring (bicyclic) bond motifs is 2. The van der Waals surface area contributed by atoms with Crippen LogP contribution in [0.1, 0.15) is 34.1 Å². The molecule has 4 heteroatoms. The Kier molecular flexibility index (Phi) is 3.94. The van der Waals surface area contributed by atoms with Crippen molar-refractivity contribution in [1.82, 2.24) is 5.32 Å². The summed E-state index contributed by atoms with van der Waals surface area (Å²) in [6.07, 6.45) is 4.79. The summed E-state index contributed by atoms with van der Waals surface area (Å²) in [6, 6.07) is 0. The van der Waals surface area contributed by atoms with Gasteiger partial charge in [-0.05, 0) is 29.6 Å². The second-order valence-electron chi connectivity index (χ2n) is 7.35. The number of hydrogen-bond donors (Lipinski definition) is 2. The Bertz CT molecular complexity index is 435. The minimum absolute atomic E-state index is 0.0355. The Morgan fingerprint density at radius 2 is 1.80 bits per heavy atom. The molecule has 2 aliphatic rings. The summed E-state index contributed by atoms with van der Waals surface area (Å²) >= 11 is 0. The minimum atomic E-state index is -0.842. The van der Waals surface area contributed by atoms with Crippen LogP contribution in [0, 0.1) is 35.0 Å². The molecule has 2 rings (SSSR count). The zero-order valence-electron chi connectivity index (χ0n) is 12.7. The Labute approximate surface area is 120 Å². The fraction of sp³-hybridized carbons (Fsp3) is 0.750. The highest BCUT2D eigenvalue weighted by atomic mass is 16.4. The van der Waals surface area contributed by atoms with Gasteiger partial charge in [0, 0.05) is 6.54 Å². The minimum Gasteiger partial charge on any atom is -0.481 e. The van der Waals surface area contributed by atoms with Gasteiger partial charge in [-0.1, -0.05) is 39.8 Å². The van der Waals surface area contributed by atoms with Gasteiger partial charge < -0.3 is 10.4 Å². The van der Waals surface area contributed by atoms with Gasteiger partial charge in [-0.3, -0.25) is 9.59 Å². The van der Waals surface area contributed by atoms with Crippen molar-refractivity contribution in [2.75, 3.05) is 6.54 Å². The molecule has 2 aliphatic carbocycles. The number of allylic oxidation sites excluding steroid dienone is 2. The highest BCUT2D eigenvalue weighted by molar-refractivity contribution is 5.86. The number of carboxylic acid groups (broad SMARTS) is 1. The summed E-state index contributed by atoms with van der Waals surface area (Å²) in [6.45, 7) is 9.14. The third-order valence-corrected chi connectivity index (χ3v) is 5.11. The highest BCUT2D eigenvalue weighted by Gasteiger charge is 2.51. The van der Waals surface area contributed by atoms with Gasteiger partial charge in [0.1, 0.15) is 0 Å². The van der Waals surface area contributed by atoms with Gasteiger partial charge in [0.15, 0.2) is 0 Å². The van der Waals surface area contributed by atoms with Gasteiger partial charge in [0.25, 0.3) is 0 Å². The van der Waals surface area contributed by atoms with Crippen molar-refractivity contribution in [2.45, 2.75) is 34.1 Å². The van der Waals surface area contributed by atoms with E-state index in [1.807, 2.05) is 12.2 Å². The van der Waals surface area contributed by atoms with E-state index in [0.29, 0.717) is 12.5 Å². The molecule has 5 atom stereocenters. The summed E-state index contributed by atoms with van der Waals surface area (Å²) in [7, 11) is 0. The number of carbonyl (C=O) groups excluding carboxylic acids is 1. The standard InChI is InChI=1S/C16H25NO3/c1-9(16(2,3)4)8-17-14(18)12-10-5-6-11(7-10)13(12)15(19)20/h5-6,9-13H,7-8H2,1-4H3,(H,17,18)(H,19,20). The van der Waals surface area contributed by atoms with Gasteiger partial charge >= 0.3 is 5.97 Å². The summed E-state index contributed by atoms with van der Waals surface area (Å²) in [5.74, 6) is -1.39. The molecule has 1 fully saturated rings. The molecule has 1 saturated carbocycles. The quantitative estimate of drug-likeness (QED) is 0.776. The first kappa shape index (κ1) is 15.1. The van der Waals surface area contributed by atoms with Crippen LogP contribution in [0.25, 0.3) is 0 Å². The lowest BCUT2D eigenvalue weighted by atomic mass is 9.80. The van der Waals surface area contributed by atoms with Crippen molar-refractivity contribution in [3.63, 3.8) is 0 Å². The number of carbonyl (C=O) groups is 2. The monoisotopic (exact) mass is 279 g/mol. The molecule has 0 heterocycles. The number of amides is 1. The molecule has 0 radical (unpaired) electrons. The van der Waals surface area contributed by atoms with Crippen molar-refractivity contribution < 1.29 is 14.7 Å². The SMILES string of the molecule is CC(CNC(=O)C1C2C=CC(C2)C1C(=O)O)C(C)(C)C. The molecular formula is C16H25NO3. The van der Waals surface area contributed by atoms with Gasteiger partial charge in [0.2, 0.25) is 5.91 Å². The average molecular weight is 279 g/mol. The maximum absolute atomic E-state index is 12.4. The molecule has 2 bridgehead atoms. The number of aliphatic carboxylic acids is 1.